The lowest BCUT2D eigenvalue weighted by Crippen LogP contribution is -2.17. The van der Waals surface area contributed by atoms with Crippen molar-refractivity contribution >= 4 is 29.2 Å². The Kier molecular flexibility index (Phi) is 3.41. The van der Waals surface area contributed by atoms with Gasteiger partial charge < -0.3 is 4.74 Å². The van der Waals surface area contributed by atoms with E-state index in [9.17, 15) is 0 Å². The Hall–Kier alpha value is -1.13. The lowest BCUT2D eigenvalue weighted by Gasteiger charge is -2.24. The fraction of sp³-hybridized carbons (Fsp3) is 0.455. The normalized spacial score (nSPS) is 20.7. The van der Waals surface area contributed by atoms with Gasteiger partial charge in [0.2, 0.25) is 0 Å². The summed E-state index contributed by atoms with van der Waals surface area (Å²) < 4.78 is 7.53. The largest absolute Gasteiger partial charge is 0.358 e. The molecule has 1 unspecified atom stereocenters. The van der Waals surface area contributed by atoms with E-state index in [1.54, 1.807) is 6.33 Å². The van der Waals surface area contributed by atoms with Crippen molar-refractivity contribution in [2.24, 2.45) is 4.99 Å². The Balaban J connectivity index is 2.32. The molecule has 0 saturated carbocycles. The molecule has 1 fully saturated rings. The van der Waals surface area contributed by atoms with Gasteiger partial charge in [-0.15, -0.1) is 0 Å². The maximum absolute atomic E-state index is 5.84. The summed E-state index contributed by atoms with van der Waals surface area (Å²) in [5.41, 5.74) is 0.575. The molecule has 0 spiro atoms. The molecule has 0 aliphatic carbocycles. The molecule has 2 heterocycles. The zero-order valence-electron chi connectivity index (χ0n) is 9.03. The second kappa shape index (κ2) is 4.80. The summed E-state index contributed by atoms with van der Waals surface area (Å²) in [6.45, 7) is 7.96. The molecule has 4 nitrogen and oxygen atoms in total. The van der Waals surface area contributed by atoms with Crippen LogP contribution in [0.2, 0.25) is 0 Å². The van der Waals surface area contributed by atoms with Gasteiger partial charge in [0.15, 0.2) is 5.82 Å². The lowest BCUT2D eigenvalue weighted by atomic mass is 10.2. The van der Waals surface area contributed by atoms with Crippen molar-refractivity contribution in [2.75, 3.05) is 6.61 Å². The van der Waals surface area contributed by atoms with E-state index in [-0.39, 0.29) is 6.23 Å². The molecule has 1 atom stereocenters. The van der Waals surface area contributed by atoms with E-state index in [1.807, 2.05) is 4.57 Å². The first-order valence-corrected chi connectivity index (χ1v) is 5.61. The molecule has 0 aromatic carbocycles. The van der Waals surface area contributed by atoms with E-state index in [2.05, 4.69) is 23.3 Å². The van der Waals surface area contributed by atoms with Gasteiger partial charge >= 0.3 is 0 Å². The maximum Gasteiger partial charge on any atom is 0.162 e. The Bertz CT molecular complexity index is 407. The molecule has 1 aliphatic rings. The van der Waals surface area contributed by atoms with Gasteiger partial charge in [0.1, 0.15) is 11.9 Å². The van der Waals surface area contributed by atoms with Gasteiger partial charge in [-0.3, -0.25) is 4.57 Å². The van der Waals surface area contributed by atoms with Gasteiger partial charge in [-0.25, -0.2) is 9.98 Å². The molecular weight excluding hydrogens is 226 g/mol. The standard InChI is InChI=1S/C11H14ClN3O/c1-8(12)10-11(13-2)15(7-14-10)9-5-3-4-6-16-9/h7,9H,1-6H2. The van der Waals surface area contributed by atoms with E-state index in [0.29, 0.717) is 16.5 Å². The molecule has 1 aromatic rings. The Morgan fingerprint density at radius 1 is 1.62 bits per heavy atom. The number of rotatable bonds is 3. The van der Waals surface area contributed by atoms with Crippen molar-refractivity contribution in [2.45, 2.75) is 25.5 Å². The second-order valence-corrected chi connectivity index (χ2v) is 4.16. The van der Waals surface area contributed by atoms with Crippen molar-refractivity contribution in [3.8, 4) is 0 Å². The van der Waals surface area contributed by atoms with Crippen molar-refractivity contribution in [3.05, 3.63) is 18.6 Å². The first-order valence-electron chi connectivity index (χ1n) is 5.24. The van der Waals surface area contributed by atoms with Crippen molar-refractivity contribution < 1.29 is 4.74 Å². The van der Waals surface area contributed by atoms with Crippen molar-refractivity contribution in [3.63, 3.8) is 0 Å². The number of imidazole rings is 1. The van der Waals surface area contributed by atoms with Crippen LogP contribution in [0, 0.1) is 0 Å². The van der Waals surface area contributed by atoms with Crippen LogP contribution in [-0.2, 0) is 4.74 Å². The molecule has 1 saturated heterocycles. The average molecular weight is 240 g/mol. The highest BCUT2D eigenvalue weighted by Gasteiger charge is 2.21. The molecule has 1 aliphatic heterocycles. The second-order valence-electron chi connectivity index (χ2n) is 3.71. The first kappa shape index (κ1) is 11.4. The summed E-state index contributed by atoms with van der Waals surface area (Å²) in [5.74, 6) is 0.631. The van der Waals surface area contributed by atoms with Gasteiger partial charge in [0.25, 0.3) is 0 Å². The molecule has 2 rings (SSSR count). The quantitative estimate of drug-likeness (QED) is 0.761. The fourth-order valence-electron chi connectivity index (χ4n) is 1.86. The minimum absolute atomic E-state index is 0.00785. The third-order valence-electron chi connectivity index (χ3n) is 2.64. The van der Waals surface area contributed by atoms with Crippen molar-refractivity contribution in [1.29, 1.82) is 0 Å². The highest BCUT2D eigenvalue weighted by atomic mass is 35.5. The number of aromatic nitrogens is 2. The van der Waals surface area contributed by atoms with Crippen LogP contribution in [0.4, 0.5) is 5.82 Å². The summed E-state index contributed by atoms with van der Waals surface area (Å²) in [7, 11) is 0. The number of hydrogen-bond donors (Lipinski definition) is 0. The van der Waals surface area contributed by atoms with E-state index < -0.39 is 0 Å². The molecule has 0 N–H and O–H groups in total. The molecule has 5 heteroatoms. The highest BCUT2D eigenvalue weighted by molar-refractivity contribution is 6.48. The Labute approximate surface area is 99.6 Å². The van der Waals surface area contributed by atoms with E-state index in [4.69, 9.17) is 16.3 Å². The zero-order valence-corrected chi connectivity index (χ0v) is 9.78. The van der Waals surface area contributed by atoms with Crippen LogP contribution in [0.3, 0.4) is 0 Å². The molecule has 0 amide bonds. The summed E-state index contributed by atoms with van der Waals surface area (Å²) in [4.78, 5) is 8.13. The SMILES string of the molecule is C=Nc1c(C(=C)Cl)ncn1C1CCCCO1. The number of hydrogen-bond acceptors (Lipinski definition) is 3. The predicted octanol–water partition coefficient (Wildman–Crippen LogP) is 3.12. The zero-order chi connectivity index (χ0) is 11.5. The molecule has 16 heavy (non-hydrogen) atoms. The van der Waals surface area contributed by atoms with Crippen LogP contribution in [0.5, 0.6) is 0 Å². The van der Waals surface area contributed by atoms with Gasteiger partial charge in [-0.05, 0) is 26.0 Å². The minimum Gasteiger partial charge on any atom is -0.358 e. The Morgan fingerprint density at radius 3 is 3.00 bits per heavy atom. The van der Waals surface area contributed by atoms with Crippen molar-refractivity contribution in [1.82, 2.24) is 9.55 Å². The summed E-state index contributed by atoms with van der Waals surface area (Å²) >= 11 is 5.84. The molecule has 0 bridgehead atoms. The average Bonchev–Trinajstić information content (AvgIpc) is 2.73. The van der Waals surface area contributed by atoms with Crippen LogP contribution in [0.15, 0.2) is 17.9 Å². The van der Waals surface area contributed by atoms with E-state index in [1.165, 1.54) is 0 Å². The van der Waals surface area contributed by atoms with Crippen LogP contribution < -0.4 is 0 Å². The topological polar surface area (TPSA) is 39.4 Å². The fourth-order valence-corrected chi connectivity index (χ4v) is 1.99. The van der Waals surface area contributed by atoms with E-state index >= 15 is 0 Å². The third-order valence-corrected chi connectivity index (χ3v) is 2.82. The summed E-state index contributed by atoms with van der Waals surface area (Å²) in [6, 6.07) is 0. The van der Waals surface area contributed by atoms with Gasteiger partial charge in [-0.2, -0.15) is 0 Å². The molecule has 0 radical (unpaired) electrons. The van der Waals surface area contributed by atoms with Gasteiger partial charge in [-0.1, -0.05) is 18.2 Å². The number of aliphatic imine (C=N–C) groups is 1. The number of ether oxygens (including phenoxy) is 1. The summed E-state index contributed by atoms with van der Waals surface area (Å²) in [6.07, 6.45) is 4.90. The van der Waals surface area contributed by atoms with Gasteiger partial charge in [0, 0.05) is 6.61 Å². The number of nitrogens with zero attached hydrogens (tertiary/aromatic N) is 3. The van der Waals surface area contributed by atoms with Crippen LogP contribution >= 0.6 is 11.6 Å². The van der Waals surface area contributed by atoms with E-state index in [0.717, 1.165) is 25.9 Å². The predicted molar refractivity (Wildman–Crippen MR) is 65.2 cm³/mol. The smallest absolute Gasteiger partial charge is 0.162 e. The molecular formula is C11H14ClN3O. The monoisotopic (exact) mass is 239 g/mol. The molecule has 86 valence electrons. The van der Waals surface area contributed by atoms with Gasteiger partial charge in [0.05, 0.1) is 11.4 Å². The minimum atomic E-state index is -0.00785. The maximum atomic E-state index is 5.84. The highest BCUT2D eigenvalue weighted by Crippen LogP contribution is 2.32. The Morgan fingerprint density at radius 2 is 2.44 bits per heavy atom. The van der Waals surface area contributed by atoms with Crippen LogP contribution in [0.25, 0.3) is 5.03 Å². The van der Waals surface area contributed by atoms with Crippen LogP contribution in [0.1, 0.15) is 31.2 Å². The third kappa shape index (κ3) is 2.03. The molecule has 1 aromatic heterocycles. The lowest BCUT2D eigenvalue weighted by molar-refractivity contribution is -0.0309. The van der Waals surface area contributed by atoms with Crippen LogP contribution in [-0.4, -0.2) is 22.9 Å². The first-order chi connectivity index (χ1) is 7.74. The summed E-state index contributed by atoms with van der Waals surface area (Å²) in [5, 5.41) is 0.372. The number of halogens is 1.